The summed E-state index contributed by atoms with van der Waals surface area (Å²) in [5.74, 6) is 1.62. The van der Waals surface area contributed by atoms with Crippen molar-refractivity contribution in [2.24, 2.45) is 5.92 Å². The van der Waals surface area contributed by atoms with Crippen LogP contribution in [0.5, 0.6) is 5.75 Å². The second-order valence-corrected chi connectivity index (χ2v) is 5.25. The second kappa shape index (κ2) is 6.71. The van der Waals surface area contributed by atoms with Crippen molar-refractivity contribution < 1.29 is 9.53 Å². The number of methoxy groups -OCH3 is 1. The smallest absolute Gasteiger partial charge is 0.180 e. The minimum absolute atomic E-state index is 0.152. The van der Waals surface area contributed by atoms with E-state index in [0.717, 1.165) is 19.0 Å². The quantitative estimate of drug-likeness (QED) is 0.707. The zero-order chi connectivity index (χ0) is 13.7. The van der Waals surface area contributed by atoms with Crippen LogP contribution in [-0.4, -0.2) is 37.4 Å². The number of likely N-dealkylation sites (N-methyl/N-ethyl adjacent to an activating group) is 1. The van der Waals surface area contributed by atoms with E-state index < -0.39 is 0 Å². The number of hydrogen-bond donors (Lipinski definition) is 0. The topological polar surface area (TPSA) is 29.5 Å². The van der Waals surface area contributed by atoms with E-state index in [-0.39, 0.29) is 5.78 Å². The second-order valence-electron chi connectivity index (χ2n) is 5.25. The Morgan fingerprint density at radius 2 is 2.11 bits per heavy atom. The van der Waals surface area contributed by atoms with Gasteiger partial charge >= 0.3 is 0 Å². The lowest BCUT2D eigenvalue weighted by Gasteiger charge is -2.31. The van der Waals surface area contributed by atoms with Gasteiger partial charge in [-0.05, 0) is 37.4 Å². The molecule has 2 rings (SSSR count). The Morgan fingerprint density at radius 3 is 2.68 bits per heavy atom. The summed E-state index contributed by atoms with van der Waals surface area (Å²) < 4.78 is 5.26. The third kappa shape index (κ3) is 3.57. The lowest BCUT2D eigenvalue weighted by molar-refractivity contribution is 0.0902. The van der Waals surface area contributed by atoms with Crippen LogP contribution in [-0.2, 0) is 0 Å². The molecule has 1 fully saturated rings. The molecule has 0 aliphatic heterocycles. The van der Waals surface area contributed by atoms with Crippen LogP contribution in [0.1, 0.15) is 36.5 Å². The van der Waals surface area contributed by atoms with E-state index >= 15 is 0 Å². The molecule has 0 spiro atoms. The van der Waals surface area contributed by atoms with E-state index in [4.69, 9.17) is 4.74 Å². The van der Waals surface area contributed by atoms with Gasteiger partial charge in [-0.25, -0.2) is 0 Å². The van der Waals surface area contributed by atoms with Crippen molar-refractivity contribution in [3.8, 4) is 5.75 Å². The van der Waals surface area contributed by atoms with E-state index in [9.17, 15) is 4.79 Å². The van der Waals surface area contributed by atoms with Gasteiger partial charge in [0.15, 0.2) is 5.78 Å². The zero-order valence-electron chi connectivity index (χ0n) is 11.9. The molecule has 0 amide bonds. The molecule has 1 aromatic carbocycles. The first-order valence-corrected chi connectivity index (χ1v) is 7.13. The van der Waals surface area contributed by atoms with Crippen molar-refractivity contribution in [1.82, 2.24) is 4.90 Å². The SMILES string of the molecule is CCN(CC(=O)c1ccccc1OC)CC1CCC1. The summed E-state index contributed by atoms with van der Waals surface area (Å²) in [5.41, 5.74) is 0.692. The summed E-state index contributed by atoms with van der Waals surface area (Å²) >= 11 is 0. The molecule has 3 heteroatoms. The molecular weight excluding hydrogens is 238 g/mol. The van der Waals surface area contributed by atoms with Crippen LogP contribution in [0, 0.1) is 5.92 Å². The number of ketones is 1. The number of rotatable bonds is 7. The molecule has 0 bridgehead atoms. The third-order valence-electron chi connectivity index (χ3n) is 3.96. The molecule has 104 valence electrons. The molecule has 3 nitrogen and oxygen atoms in total. The van der Waals surface area contributed by atoms with Crippen LogP contribution in [0.4, 0.5) is 0 Å². The fourth-order valence-electron chi connectivity index (χ4n) is 2.51. The van der Waals surface area contributed by atoms with Crippen molar-refractivity contribution in [1.29, 1.82) is 0 Å². The Hall–Kier alpha value is -1.35. The van der Waals surface area contributed by atoms with E-state index in [0.29, 0.717) is 17.9 Å². The van der Waals surface area contributed by atoms with E-state index in [1.165, 1.54) is 19.3 Å². The lowest BCUT2D eigenvalue weighted by atomic mass is 9.85. The van der Waals surface area contributed by atoms with Crippen LogP contribution < -0.4 is 4.74 Å². The predicted octanol–water partition coefficient (Wildman–Crippen LogP) is 3.00. The highest BCUT2D eigenvalue weighted by Gasteiger charge is 2.22. The highest BCUT2D eigenvalue weighted by atomic mass is 16.5. The number of ether oxygens (including phenoxy) is 1. The van der Waals surface area contributed by atoms with Crippen molar-refractivity contribution in [3.05, 3.63) is 29.8 Å². The maximum Gasteiger partial charge on any atom is 0.180 e. The van der Waals surface area contributed by atoms with Crippen molar-refractivity contribution in [3.63, 3.8) is 0 Å². The number of benzene rings is 1. The summed E-state index contributed by atoms with van der Waals surface area (Å²) in [5, 5.41) is 0. The Bertz CT molecular complexity index is 427. The van der Waals surface area contributed by atoms with Gasteiger partial charge in [0, 0.05) is 6.54 Å². The summed E-state index contributed by atoms with van der Waals surface area (Å²) in [7, 11) is 1.61. The Morgan fingerprint density at radius 1 is 1.37 bits per heavy atom. The minimum Gasteiger partial charge on any atom is -0.496 e. The Balaban J connectivity index is 1.97. The van der Waals surface area contributed by atoms with Gasteiger partial charge in [0.2, 0.25) is 0 Å². The molecular formula is C16H23NO2. The first-order valence-electron chi connectivity index (χ1n) is 7.13. The predicted molar refractivity (Wildman–Crippen MR) is 76.8 cm³/mol. The maximum absolute atomic E-state index is 12.4. The molecule has 0 unspecified atom stereocenters. The number of para-hydroxylation sites is 1. The zero-order valence-corrected chi connectivity index (χ0v) is 11.9. The fraction of sp³-hybridized carbons (Fsp3) is 0.562. The highest BCUT2D eigenvalue weighted by Crippen LogP contribution is 2.27. The molecule has 0 N–H and O–H groups in total. The van der Waals surface area contributed by atoms with Gasteiger partial charge in [-0.3, -0.25) is 9.69 Å². The molecule has 1 aliphatic carbocycles. The summed E-state index contributed by atoms with van der Waals surface area (Å²) in [6.07, 6.45) is 3.99. The largest absolute Gasteiger partial charge is 0.496 e. The van der Waals surface area contributed by atoms with Gasteiger partial charge in [0.25, 0.3) is 0 Å². The molecule has 0 saturated heterocycles. The molecule has 1 aromatic rings. The summed E-state index contributed by atoms with van der Waals surface area (Å²) in [6.45, 7) is 4.59. The number of hydrogen-bond acceptors (Lipinski definition) is 3. The van der Waals surface area contributed by atoms with Crippen LogP contribution in [0.15, 0.2) is 24.3 Å². The molecule has 0 radical (unpaired) electrons. The first-order chi connectivity index (χ1) is 9.24. The van der Waals surface area contributed by atoms with Gasteiger partial charge in [0.1, 0.15) is 5.75 Å². The highest BCUT2D eigenvalue weighted by molar-refractivity contribution is 6.00. The van der Waals surface area contributed by atoms with Gasteiger partial charge < -0.3 is 4.74 Å². The standard InChI is InChI=1S/C16H23NO2/c1-3-17(11-13-7-6-8-13)12-15(18)14-9-4-5-10-16(14)19-2/h4-5,9-10,13H,3,6-8,11-12H2,1-2H3. The number of nitrogens with zero attached hydrogens (tertiary/aromatic N) is 1. The van der Waals surface area contributed by atoms with E-state index in [2.05, 4.69) is 11.8 Å². The van der Waals surface area contributed by atoms with Crippen LogP contribution >= 0.6 is 0 Å². The van der Waals surface area contributed by atoms with Gasteiger partial charge in [-0.15, -0.1) is 0 Å². The Kier molecular flexibility index (Phi) is 4.97. The average molecular weight is 261 g/mol. The van der Waals surface area contributed by atoms with Crippen molar-refractivity contribution in [2.75, 3.05) is 26.7 Å². The van der Waals surface area contributed by atoms with Crippen molar-refractivity contribution in [2.45, 2.75) is 26.2 Å². The maximum atomic E-state index is 12.4. The van der Waals surface area contributed by atoms with Crippen LogP contribution in [0.2, 0.25) is 0 Å². The minimum atomic E-state index is 0.152. The van der Waals surface area contributed by atoms with Gasteiger partial charge in [-0.2, -0.15) is 0 Å². The van der Waals surface area contributed by atoms with Crippen LogP contribution in [0.3, 0.4) is 0 Å². The molecule has 1 saturated carbocycles. The van der Waals surface area contributed by atoms with Crippen LogP contribution in [0.25, 0.3) is 0 Å². The van der Waals surface area contributed by atoms with E-state index in [1.54, 1.807) is 7.11 Å². The fourth-order valence-corrected chi connectivity index (χ4v) is 2.51. The lowest BCUT2D eigenvalue weighted by Crippen LogP contribution is -2.36. The molecule has 1 aliphatic rings. The van der Waals surface area contributed by atoms with Gasteiger partial charge in [-0.1, -0.05) is 25.5 Å². The van der Waals surface area contributed by atoms with Crippen molar-refractivity contribution >= 4 is 5.78 Å². The molecule has 0 heterocycles. The molecule has 0 atom stereocenters. The number of carbonyl (C=O) groups excluding carboxylic acids is 1. The third-order valence-corrected chi connectivity index (χ3v) is 3.96. The van der Waals surface area contributed by atoms with E-state index in [1.807, 2.05) is 24.3 Å². The Labute approximate surface area is 115 Å². The first kappa shape index (κ1) is 14.1. The number of carbonyl (C=O) groups is 1. The summed E-state index contributed by atoms with van der Waals surface area (Å²) in [4.78, 5) is 14.6. The molecule has 0 aromatic heterocycles. The molecule has 19 heavy (non-hydrogen) atoms. The average Bonchev–Trinajstić information content (AvgIpc) is 2.41. The van der Waals surface area contributed by atoms with Gasteiger partial charge in [0.05, 0.1) is 19.2 Å². The summed E-state index contributed by atoms with van der Waals surface area (Å²) in [6, 6.07) is 7.47. The number of Topliss-reactive ketones (excluding diaryl/α,β-unsaturated/α-hetero) is 1. The monoisotopic (exact) mass is 261 g/mol. The normalized spacial score (nSPS) is 15.3.